The number of nitrogens with one attached hydrogen (secondary N) is 1. The number of hydrogen-bond acceptors (Lipinski definition) is 1. The van der Waals surface area contributed by atoms with Crippen LogP contribution in [0.1, 0.15) is 32.0 Å². The maximum Gasteiger partial charge on any atom is 0.256 e. The first-order valence-corrected chi connectivity index (χ1v) is 5.53. The zero-order valence-corrected chi connectivity index (χ0v) is 10.2. The smallest absolute Gasteiger partial charge is 0.256 e. The van der Waals surface area contributed by atoms with Gasteiger partial charge < -0.3 is 4.98 Å². The molecule has 2 rings (SSSR count). The lowest BCUT2D eigenvalue weighted by molar-refractivity contribution is 0.588. The van der Waals surface area contributed by atoms with Crippen LogP contribution in [0.5, 0.6) is 0 Å². The molecular weight excluding hydrogens is 198 g/mol. The summed E-state index contributed by atoms with van der Waals surface area (Å²) in [6.45, 7) is 8.47. The van der Waals surface area contributed by atoms with Gasteiger partial charge in [0.05, 0.1) is 0 Å². The first-order chi connectivity index (χ1) is 7.41. The second-order valence-electron chi connectivity index (χ2n) is 5.25. The molecule has 0 aliphatic heterocycles. The lowest BCUT2D eigenvalue weighted by Gasteiger charge is -2.23. The number of rotatable bonds is 0. The molecule has 0 aliphatic carbocycles. The summed E-state index contributed by atoms with van der Waals surface area (Å²) in [4.78, 5) is 14.8. The molecule has 1 heterocycles. The lowest BCUT2D eigenvalue weighted by Crippen LogP contribution is -2.19. The summed E-state index contributed by atoms with van der Waals surface area (Å²) in [5.41, 5.74) is 2.23. The van der Waals surface area contributed by atoms with Crippen LogP contribution in [0.2, 0.25) is 0 Å². The van der Waals surface area contributed by atoms with Gasteiger partial charge in [0.15, 0.2) is 0 Å². The van der Waals surface area contributed by atoms with Crippen molar-refractivity contribution in [2.75, 3.05) is 0 Å². The van der Waals surface area contributed by atoms with Crippen LogP contribution < -0.4 is 5.56 Å². The van der Waals surface area contributed by atoms with E-state index in [4.69, 9.17) is 0 Å². The molecule has 2 aromatic rings. The summed E-state index contributed by atoms with van der Waals surface area (Å²) in [7, 11) is 0. The summed E-state index contributed by atoms with van der Waals surface area (Å²) >= 11 is 0. The lowest BCUT2D eigenvalue weighted by atomic mass is 9.83. The van der Waals surface area contributed by atoms with Crippen LogP contribution in [0.4, 0.5) is 0 Å². The zero-order chi connectivity index (χ0) is 11.9. The van der Waals surface area contributed by atoms with Gasteiger partial charge in [-0.15, -0.1) is 0 Å². The van der Waals surface area contributed by atoms with Gasteiger partial charge in [0, 0.05) is 11.1 Å². The van der Waals surface area contributed by atoms with E-state index in [1.54, 1.807) is 0 Å². The van der Waals surface area contributed by atoms with Crippen LogP contribution in [-0.2, 0) is 5.41 Å². The van der Waals surface area contributed by atoms with Crippen molar-refractivity contribution >= 4 is 10.8 Å². The van der Waals surface area contributed by atoms with Crippen LogP contribution in [-0.4, -0.2) is 4.98 Å². The van der Waals surface area contributed by atoms with Crippen molar-refractivity contribution in [1.29, 1.82) is 0 Å². The van der Waals surface area contributed by atoms with E-state index in [2.05, 4.69) is 25.8 Å². The molecule has 0 bridgehead atoms. The van der Waals surface area contributed by atoms with Crippen LogP contribution in [0.3, 0.4) is 0 Å². The SMILES string of the molecule is Cc1[nH]c(=O)c2ccccc2c1C(C)(C)C. The monoisotopic (exact) mass is 215 g/mol. The Morgan fingerprint density at radius 2 is 1.62 bits per heavy atom. The first kappa shape index (κ1) is 10.9. The van der Waals surface area contributed by atoms with Gasteiger partial charge in [-0.3, -0.25) is 4.79 Å². The van der Waals surface area contributed by atoms with Crippen molar-refractivity contribution in [2.24, 2.45) is 0 Å². The normalized spacial score (nSPS) is 12.0. The third kappa shape index (κ3) is 1.64. The highest BCUT2D eigenvalue weighted by atomic mass is 16.1. The van der Waals surface area contributed by atoms with E-state index in [0.717, 1.165) is 16.5 Å². The van der Waals surface area contributed by atoms with Gasteiger partial charge in [-0.1, -0.05) is 39.0 Å². The highest BCUT2D eigenvalue weighted by molar-refractivity contribution is 5.86. The van der Waals surface area contributed by atoms with Crippen LogP contribution in [0.25, 0.3) is 10.8 Å². The molecule has 0 aliphatic rings. The Morgan fingerprint density at radius 3 is 2.19 bits per heavy atom. The van der Waals surface area contributed by atoms with E-state index >= 15 is 0 Å². The molecule has 0 unspecified atom stereocenters. The Labute approximate surface area is 95.3 Å². The van der Waals surface area contributed by atoms with Crippen molar-refractivity contribution in [1.82, 2.24) is 4.98 Å². The molecule has 0 fully saturated rings. The fourth-order valence-corrected chi connectivity index (χ4v) is 2.37. The molecule has 1 N–H and O–H groups in total. The van der Waals surface area contributed by atoms with Gasteiger partial charge in [-0.2, -0.15) is 0 Å². The summed E-state index contributed by atoms with van der Waals surface area (Å²) in [6, 6.07) is 7.79. The van der Waals surface area contributed by atoms with Gasteiger partial charge in [0.25, 0.3) is 5.56 Å². The van der Waals surface area contributed by atoms with Crippen LogP contribution >= 0.6 is 0 Å². The highest BCUT2D eigenvalue weighted by Gasteiger charge is 2.20. The number of aromatic amines is 1. The average Bonchev–Trinajstić information content (AvgIpc) is 2.15. The van der Waals surface area contributed by atoms with Gasteiger partial charge in [-0.05, 0) is 29.4 Å². The minimum Gasteiger partial charge on any atom is -0.326 e. The van der Waals surface area contributed by atoms with Gasteiger partial charge >= 0.3 is 0 Å². The third-order valence-electron chi connectivity index (χ3n) is 2.87. The predicted molar refractivity (Wildman–Crippen MR) is 68.0 cm³/mol. The predicted octanol–water partition coefficient (Wildman–Crippen LogP) is 3.13. The van der Waals surface area contributed by atoms with Gasteiger partial charge in [0.2, 0.25) is 0 Å². The maximum absolute atomic E-state index is 11.8. The molecule has 0 radical (unpaired) electrons. The molecule has 0 spiro atoms. The molecule has 84 valence electrons. The Balaban J connectivity index is 2.99. The standard InChI is InChI=1S/C14H17NO/c1-9-12(14(2,3)4)10-7-5-6-8-11(10)13(16)15-9/h5-8H,1-4H3,(H,15,16). The number of fused-ring (bicyclic) bond motifs is 1. The van der Waals surface area contributed by atoms with E-state index < -0.39 is 0 Å². The fraction of sp³-hybridized carbons (Fsp3) is 0.357. The number of benzene rings is 1. The van der Waals surface area contributed by atoms with Crippen molar-refractivity contribution in [3.05, 3.63) is 45.9 Å². The minimum atomic E-state index is 0.00102. The Bertz CT molecular complexity index is 588. The second-order valence-corrected chi connectivity index (χ2v) is 5.25. The summed E-state index contributed by atoms with van der Waals surface area (Å²) in [6.07, 6.45) is 0. The number of hydrogen-bond donors (Lipinski definition) is 1. The molecule has 2 nitrogen and oxygen atoms in total. The van der Waals surface area contributed by atoms with Gasteiger partial charge in [-0.25, -0.2) is 0 Å². The number of aryl methyl sites for hydroxylation is 1. The third-order valence-corrected chi connectivity index (χ3v) is 2.87. The van der Waals surface area contributed by atoms with Crippen molar-refractivity contribution < 1.29 is 0 Å². The van der Waals surface area contributed by atoms with E-state index in [9.17, 15) is 4.79 Å². The van der Waals surface area contributed by atoms with Crippen molar-refractivity contribution in [3.8, 4) is 0 Å². The van der Waals surface area contributed by atoms with Crippen LogP contribution in [0.15, 0.2) is 29.1 Å². The largest absolute Gasteiger partial charge is 0.326 e. The molecule has 2 heteroatoms. The van der Waals surface area contributed by atoms with Crippen molar-refractivity contribution in [3.63, 3.8) is 0 Å². The number of pyridine rings is 1. The number of aromatic nitrogens is 1. The molecular formula is C14H17NO. The van der Waals surface area contributed by atoms with Crippen LogP contribution in [0, 0.1) is 6.92 Å². The molecule has 0 saturated carbocycles. The van der Waals surface area contributed by atoms with Gasteiger partial charge in [0.1, 0.15) is 0 Å². The quantitative estimate of drug-likeness (QED) is 0.719. The highest BCUT2D eigenvalue weighted by Crippen LogP contribution is 2.30. The molecule has 1 aromatic carbocycles. The maximum atomic E-state index is 11.8. The molecule has 1 aromatic heterocycles. The minimum absolute atomic E-state index is 0.00102. The topological polar surface area (TPSA) is 32.9 Å². The molecule has 0 saturated heterocycles. The summed E-state index contributed by atoms with van der Waals surface area (Å²) < 4.78 is 0. The first-order valence-electron chi connectivity index (χ1n) is 5.53. The second kappa shape index (κ2) is 3.48. The average molecular weight is 215 g/mol. The summed E-state index contributed by atoms with van der Waals surface area (Å²) in [5, 5.41) is 1.84. The van der Waals surface area contributed by atoms with E-state index in [0.29, 0.717) is 0 Å². The molecule has 16 heavy (non-hydrogen) atoms. The molecule has 0 atom stereocenters. The van der Waals surface area contributed by atoms with E-state index in [1.807, 2.05) is 31.2 Å². The zero-order valence-electron chi connectivity index (χ0n) is 10.2. The van der Waals surface area contributed by atoms with Crippen molar-refractivity contribution in [2.45, 2.75) is 33.1 Å². The van der Waals surface area contributed by atoms with E-state index in [1.165, 1.54) is 5.56 Å². The molecule has 0 amide bonds. The number of H-pyrrole nitrogens is 1. The Hall–Kier alpha value is -1.57. The Kier molecular flexibility index (Phi) is 2.38. The van der Waals surface area contributed by atoms with E-state index in [-0.39, 0.29) is 11.0 Å². The summed E-state index contributed by atoms with van der Waals surface area (Å²) in [5.74, 6) is 0. The Morgan fingerprint density at radius 1 is 1.06 bits per heavy atom. The fourth-order valence-electron chi connectivity index (χ4n) is 2.37.